The van der Waals surface area contributed by atoms with Gasteiger partial charge in [0.25, 0.3) is 0 Å². The summed E-state index contributed by atoms with van der Waals surface area (Å²) in [5.41, 5.74) is 0. The first-order valence-corrected chi connectivity index (χ1v) is 2.88. The van der Waals surface area contributed by atoms with Crippen LogP contribution in [0.2, 0.25) is 0 Å². The Kier molecular flexibility index (Phi) is 2.27. The van der Waals surface area contributed by atoms with Crippen molar-refractivity contribution in [1.29, 1.82) is 0 Å². The lowest BCUT2D eigenvalue weighted by Gasteiger charge is -1.85. The molecule has 0 N–H and O–H groups in total. The van der Waals surface area contributed by atoms with Crippen molar-refractivity contribution < 1.29 is 4.92 Å². The van der Waals surface area contributed by atoms with Gasteiger partial charge in [0.1, 0.15) is 0 Å². The lowest BCUT2D eigenvalue weighted by Crippen LogP contribution is -1.86. The molecule has 0 unspecified atom stereocenters. The first-order chi connectivity index (χ1) is 5.29. The van der Waals surface area contributed by atoms with Crippen molar-refractivity contribution in [2.24, 2.45) is 0 Å². The van der Waals surface area contributed by atoms with Gasteiger partial charge in [-0.2, -0.15) is 0 Å². The minimum atomic E-state index is -0.559. The van der Waals surface area contributed by atoms with E-state index in [9.17, 15) is 10.1 Å². The van der Waals surface area contributed by atoms with Gasteiger partial charge in [0.2, 0.25) is 6.20 Å². The largest absolute Gasteiger partial charge is 0.259 e. The molecule has 0 aliphatic rings. The highest BCUT2D eigenvalue weighted by Crippen LogP contribution is 1.90. The summed E-state index contributed by atoms with van der Waals surface area (Å²) in [5.74, 6) is 0.337. The second kappa shape index (κ2) is 3.40. The third-order valence-electron chi connectivity index (χ3n) is 0.931. The highest BCUT2D eigenvalue weighted by Gasteiger charge is 1.89. The third kappa shape index (κ3) is 2.53. The molecule has 1 aromatic rings. The van der Waals surface area contributed by atoms with E-state index in [-0.39, 0.29) is 0 Å². The Balaban J connectivity index is 2.72. The molecule has 0 atom stereocenters. The van der Waals surface area contributed by atoms with Crippen molar-refractivity contribution in [2.45, 2.75) is 0 Å². The van der Waals surface area contributed by atoms with Crippen LogP contribution < -0.4 is 0 Å². The van der Waals surface area contributed by atoms with E-state index in [4.69, 9.17) is 0 Å². The summed E-state index contributed by atoms with van der Waals surface area (Å²) in [7, 11) is 0. The van der Waals surface area contributed by atoms with Crippen molar-refractivity contribution in [3.63, 3.8) is 0 Å². The quantitative estimate of drug-likeness (QED) is 0.461. The van der Waals surface area contributed by atoms with E-state index in [0.717, 1.165) is 6.20 Å². The van der Waals surface area contributed by atoms with Crippen LogP contribution in [0.4, 0.5) is 0 Å². The Morgan fingerprint density at radius 3 is 2.64 bits per heavy atom. The average Bonchev–Trinajstić information content (AvgIpc) is 2.03. The Morgan fingerprint density at radius 1 is 1.45 bits per heavy atom. The Bertz CT molecular complexity index is 270. The van der Waals surface area contributed by atoms with Gasteiger partial charge in [0.15, 0.2) is 5.82 Å². The van der Waals surface area contributed by atoms with E-state index in [1.165, 1.54) is 18.5 Å². The standard InChI is InChI=1S/C6H5N3O2/c10-9(11)5-2-6-7-3-1-4-8-6/h1-5H. The molecular formula is C6H5N3O2. The summed E-state index contributed by atoms with van der Waals surface area (Å²) in [5, 5.41) is 9.84. The van der Waals surface area contributed by atoms with Gasteiger partial charge in [0, 0.05) is 12.4 Å². The number of hydrogen-bond acceptors (Lipinski definition) is 4. The lowest BCUT2D eigenvalue weighted by atomic mass is 10.5. The Hall–Kier alpha value is -1.78. The zero-order valence-corrected chi connectivity index (χ0v) is 5.54. The van der Waals surface area contributed by atoms with Gasteiger partial charge in [0.05, 0.1) is 11.0 Å². The molecule has 11 heavy (non-hydrogen) atoms. The van der Waals surface area contributed by atoms with Crippen LogP contribution in [0.25, 0.3) is 6.08 Å². The third-order valence-corrected chi connectivity index (χ3v) is 0.931. The van der Waals surface area contributed by atoms with Gasteiger partial charge < -0.3 is 0 Å². The van der Waals surface area contributed by atoms with E-state index in [1.807, 2.05) is 0 Å². The van der Waals surface area contributed by atoms with Gasteiger partial charge in [-0.15, -0.1) is 0 Å². The molecule has 56 valence electrons. The van der Waals surface area contributed by atoms with Gasteiger partial charge >= 0.3 is 0 Å². The molecule has 0 saturated heterocycles. The molecule has 5 nitrogen and oxygen atoms in total. The summed E-state index contributed by atoms with van der Waals surface area (Å²) in [6.45, 7) is 0. The maximum atomic E-state index is 9.84. The predicted molar refractivity (Wildman–Crippen MR) is 38.1 cm³/mol. The van der Waals surface area contributed by atoms with E-state index in [1.54, 1.807) is 6.07 Å². The summed E-state index contributed by atoms with van der Waals surface area (Å²) in [6.07, 6.45) is 5.08. The Morgan fingerprint density at radius 2 is 2.09 bits per heavy atom. The molecule has 1 aromatic heterocycles. The SMILES string of the molecule is O=[N+]([O-])C=Cc1ncccn1. The maximum absolute atomic E-state index is 9.84. The maximum Gasteiger partial charge on any atom is 0.238 e. The molecule has 1 rings (SSSR count). The van der Waals surface area contributed by atoms with E-state index < -0.39 is 4.92 Å². The molecule has 0 aliphatic heterocycles. The van der Waals surface area contributed by atoms with Crippen molar-refractivity contribution >= 4 is 6.08 Å². The molecule has 0 saturated carbocycles. The monoisotopic (exact) mass is 151 g/mol. The molecule has 1 heterocycles. The first-order valence-electron chi connectivity index (χ1n) is 2.88. The van der Waals surface area contributed by atoms with E-state index in [0.29, 0.717) is 5.82 Å². The predicted octanol–water partition coefficient (Wildman–Crippen LogP) is 0.724. The van der Waals surface area contributed by atoms with E-state index >= 15 is 0 Å². The normalized spacial score (nSPS) is 10.2. The van der Waals surface area contributed by atoms with E-state index in [2.05, 4.69) is 9.97 Å². The summed E-state index contributed by atoms with van der Waals surface area (Å²) >= 11 is 0. The second-order valence-electron chi connectivity index (χ2n) is 1.71. The van der Waals surface area contributed by atoms with Crippen molar-refractivity contribution in [3.8, 4) is 0 Å². The molecule has 0 aromatic carbocycles. The molecule has 0 fully saturated rings. The van der Waals surface area contributed by atoms with Crippen LogP contribution in [0.15, 0.2) is 24.7 Å². The molecule has 5 heteroatoms. The minimum Gasteiger partial charge on any atom is -0.259 e. The zero-order valence-electron chi connectivity index (χ0n) is 5.54. The highest BCUT2D eigenvalue weighted by molar-refractivity contribution is 5.36. The fraction of sp³-hybridized carbons (Fsp3) is 0. The molecule has 0 radical (unpaired) electrons. The van der Waals surface area contributed by atoms with Crippen LogP contribution in [0, 0.1) is 10.1 Å². The topological polar surface area (TPSA) is 68.9 Å². The second-order valence-corrected chi connectivity index (χ2v) is 1.71. The summed E-state index contributed by atoms with van der Waals surface area (Å²) in [4.78, 5) is 16.8. The Labute approximate surface area is 62.6 Å². The molecule has 0 amide bonds. The first kappa shape index (κ1) is 7.33. The fourth-order valence-electron chi connectivity index (χ4n) is 0.524. The number of nitrogens with zero attached hydrogens (tertiary/aromatic N) is 3. The summed E-state index contributed by atoms with van der Waals surface area (Å²) in [6, 6.07) is 1.64. The average molecular weight is 151 g/mol. The van der Waals surface area contributed by atoms with Gasteiger partial charge in [-0.05, 0) is 6.07 Å². The smallest absolute Gasteiger partial charge is 0.238 e. The van der Waals surface area contributed by atoms with Crippen LogP contribution in [-0.4, -0.2) is 14.9 Å². The minimum absolute atomic E-state index is 0.337. The van der Waals surface area contributed by atoms with Gasteiger partial charge in [-0.3, -0.25) is 10.1 Å². The van der Waals surface area contributed by atoms with Crippen molar-refractivity contribution in [1.82, 2.24) is 9.97 Å². The number of rotatable bonds is 2. The van der Waals surface area contributed by atoms with Gasteiger partial charge in [-0.1, -0.05) is 0 Å². The van der Waals surface area contributed by atoms with Crippen molar-refractivity contribution in [2.75, 3.05) is 0 Å². The van der Waals surface area contributed by atoms with Crippen LogP contribution in [-0.2, 0) is 0 Å². The summed E-state index contributed by atoms with van der Waals surface area (Å²) < 4.78 is 0. The van der Waals surface area contributed by atoms with Gasteiger partial charge in [-0.25, -0.2) is 9.97 Å². The highest BCUT2D eigenvalue weighted by atomic mass is 16.6. The fourth-order valence-corrected chi connectivity index (χ4v) is 0.524. The lowest BCUT2D eigenvalue weighted by molar-refractivity contribution is -0.401. The van der Waals surface area contributed by atoms with Crippen LogP contribution in [0.1, 0.15) is 5.82 Å². The molecule has 0 aliphatic carbocycles. The molecule has 0 spiro atoms. The molecular weight excluding hydrogens is 146 g/mol. The molecule has 0 bridgehead atoms. The number of nitro groups is 1. The van der Waals surface area contributed by atoms with Crippen LogP contribution in [0.3, 0.4) is 0 Å². The number of aromatic nitrogens is 2. The zero-order chi connectivity index (χ0) is 8.10. The van der Waals surface area contributed by atoms with Crippen molar-refractivity contribution in [3.05, 3.63) is 40.6 Å². The number of hydrogen-bond donors (Lipinski definition) is 0. The van der Waals surface area contributed by atoms with Crippen LogP contribution in [0.5, 0.6) is 0 Å². The van der Waals surface area contributed by atoms with Crippen LogP contribution >= 0.6 is 0 Å².